The smallest absolute Gasteiger partial charge is 0.0603 e. The Kier molecular flexibility index (Phi) is 8.52. The maximum absolute atomic E-state index is 2.23. The summed E-state index contributed by atoms with van der Waals surface area (Å²) in [5, 5.41) is 2.13. The van der Waals surface area contributed by atoms with Crippen LogP contribution in [0.1, 0.15) is 20.3 Å². The van der Waals surface area contributed by atoms with Crippen LogP contribution in [0.5, 0.6) is 0 Å². The second-order valence-corrected chi connectivity index (χ2v) is 5.46. The van der Waals surface area contributed by atoms with Crippen molar-refractivity contribution in [3.8, 4) is 0 Å². The van der Waals surface area contributed by atoms with Crippen LogP contribution in [0.4, 0.5) is 0 Å². The standard InChI is InChI=1S/C7H14S3/c1-4-6-9-10-7(5-2)8-3/h4,6-7H,5H2,1-3H3/t7-/m1/s1. The molecule has 0 rings (SSSR count). The largest absolute Gasteiger partial charge is 0.150 e. The van der Waals surface area contributed by atoms with Gasteiger partial charge in [-0.05, 0) is 25.0 Å². The van der Waals surface area contributed by atoms with Crippen LogP contribution >= 0.6 is 33.3 Å². The van der Waals surface area contributed by atoms with E-state index in [-0.39, 0.29) is 0 Å². The van der Waals surface area contributed by atoms with Crippen LogP contribution in [0.15, 0.2) is 11.5 Å². The summed E-state index contributed by atoms with van der Waals surface area (Å²) < 4.78 is 0.751. The van der Waals surface area contributed by atoms with E-state index in [0.29, 0.717) is 0 Å². The van der Waals surface area contributed by atoms with Gasteiger partial charge in [-0.15, -0.1) is 0 Å². The highest BCUT2D eigenvalue weighted by molar-refractivity contribution is 8.79. The van der Waals surface area contributed by atoms with Crippen LogP contribution in [0, 0.1) is 0 Å². The second-order valence-electron chi connectivity index (χ2n) is 1.74. The van der Waals surface area contributed by atoms with Crippen LogP contribution in [0.2, 0.25) is 0 Å². The van der Waals surface area contributed by atoms with Crippen molar-refractivity contribution < 1.29 is 0 Å². The SMILES string of the molecule is CC=CSS[C@H](CC)SC. The highest BCUT2D eigenvalue weighted by Crippen LogP contribution is 2.34. The van der Waals surface area contributed by atoms with E-state index in [2.05, 4.69) is 24.7 Å². The molecule has 3 heteroatoms. The zero-order valence-corrected chi connectivity index (χ0v) is 9.11. The Morgan fingerprint density at radius 3 is 2.60 bits per heavy atom. The van der Waals surface area contributed by atoms with Crippen molar-refractivity contribution >= 4 is 33.3 Å². The van der Waals surface area contributed by atoms with Crippen molar-refractivity contribution in [3.63, 3.8) is 0 Å². The Hall–Kier alpha value is 0.790. The van der Waals surface area contributed by atoms with Gasteiger partial charge in [0.2, 0.25) is 0 Å². The highest BCUT2D eigenvalue weighted by Gasteiger charge is 2.01. The Bertz CT molecular complexity index is 86.9. The zero-order valence-electron chi connectivity index (χ0n) is 6.66. The van der Waals surface area contributed by atoms with Crippen molar-refractivity contribution in [1.29, 1.82) is 0 Å². The summed E-state index contributed by atoms with van der Waals surface area (Å²) in [6.07, 6.45) is 5.48. The first-order valence-electron chi connectivity index (χ1n) is 3.31. The van der Waals surface area contributed by atoms with Crippen LogP contribution in [-0.4, -0.2) is 10.8 Å². The molecule has 0 aromatic rings. The molecule has 0 N–H and O–H groups in total. The number of allylic oxidation sites excluding steroid dienone is 1. The number of hydrogen-bond acceptors (Lipinski definition) is 3. The van der Waals surface area contributed by atoms with E-state index in [1.165, 1.54) is 6.42 Å². The van der Waals surface area contributed by atoms with E-state index in [1.807, 2.05) is 40.3 Å². The van der Waals surface area contributed by atoms with Crippen molar-refractivity contribution in [2.45, 2.75) is 24.9 Å². The highest BCUT2D eigenvalue weighted by atomic mass is 33.1. The van der Waals surface area contributed by atoms with Gasteiger partial charge in [0.05, 0.1) is 4.58 Å². The van der Waals surface area contributed by atoms with Gasteiger partial charge in [-0.2, -0.15) is 11.8 Å². The summed E-state index contributed by atoms with van der Waals surface area (Å²) in [6.45, 7) is 4.28. The maximum atomic E-state index is 2.23. The average molecular weight is 194 g/mol. The molecule has 0 aromatic carbocycles. The summed E-state index contributed by atoms with van der Waals surface area (Å²) in [4.78, 5) is 0. The van der Waals surface area contributed by atoms with E-state index in [4.69, 9.17) is 0 Å². The van der Waals surface area contributed by atoms with Crippen LogP contribution in [0.3, 0.4) is 0 Å². The number of rotatable bonds is 5. The van der Waals surface area contributed by atoms with Crippen molar-refractivity contribution in [2.75, 3.05) is 6.26 Å². The van der Waals surface area contributed by atoms with Gasteiger partial charge in [0.1, 0.15) is 0 Å². The fourth-order valence-corrected chi connectivity index (χ4v) is 3.93. The van der Waals surface area contributed by atoms with Crippen LogP contribution < -0.4 is 0 Å². The van der Waals surface area contributed by atoms with Crippen LogP contribution in [-0.2, 0) is 0 Å². The molecule has 10 heavy (non-hydrogen) atoms. The third-order valence-corrected chi connectivity index (χ3v) is 5.45. The predicted octanol–water partition coefficient (Wildman–Crippen LogP) is 4.00. The minimum Gasteiger partial charge on any atom is -0.150 e. The first kappa shape index (κ1) is 10.8. The molecule has 0 fully saturated rings. The minimum absolute atomic E-state index is 0.751. The monoisotopic (exact) mass is 194 g/mol. The lowest BCUT2D eigenvalue weighted by atomic mass is 10.6. The summed E-state index contributed by atoms with van der Waals surface area (Å²) in [6, 6.07) is 0. The third kappa shape index (κ3) is 5.57. The minimum atomic E-state index is 0.751. The van der Waals surface area contributed by atoms with Crippen molar-refractivity contribution in [3.05, 3.63) is 11.5 Å². The summed E-state index contributed by atoms with van der Waals surface area (Å²) >= 11 is 1.93. The molecule has 0 nitrogen and oxygen atoms in total. The molecule has 0 spiro atoms. The molecule has 0 radical (unpaired) electrons. The first-order chi connectivity index (χ1) is 4.85. The molecule has 0 aliphatic heterocycles. The Morgan fingerprint density at radius 2 is 2.20 bits per heavy atom. The van der Waals surface area contributed by atoms with E-state index in [0.717, 1.165) is 4.58 Å². The van der Waals surface area contributed by atoms with Crippen molar-refractivity contribution in [1.82, 2.24) is 0 Å². The molecule has 0 aliphatic rings. The molecule has 1 atom stereocenters. The predicted molar refractivity (Wildman–Crippen MR) is 57.6 cm³/mol. The normalized spacial score (nSPS) is 14.3. The molecule has 0 heterocycles. The fraction of sp³-hybridized carbons (Fsp3) is 0.714. The maximum Gasteiger partial charge on any atom is 0.0603 e. The van der Waals surface area contributed by atoms with Crippen LogP contribution in [0.25, 0.3) is 0 Å². The zero-order chi connectivity index (χ0) is 7.82. The summed E-state index contributed by atoms with van der Waals surface area (Å²) in [7, 11) is 3.76. The van der Waals surface area contributed by atoms with Gasteiger partial charge in [0.25, 0.3) is 0 Å². The topological polar surface area (TPSA) is 0 Å². The molecule has 0 bridgehead atoms. The fourth-order valence-electron chi connectivity index (χ4n) is 0.424. The van der Waals surface area contributed by atoms with Gasteiger partial charge < -0.3 is 0 Å². The van der Waals surface area contributed by atoms with Gasteiger partial charge in [-0.25, -0.2) is 0 Å². The van der Waals surface area contributed by atoms with E-state index in [9.17, 15) is 0 Å². The van der Waals surface area contributed by atoms with E-state index < -0.39 is 0 Å². The molecule has 0 aliphatic carbocycles. The molecule has 0 aromatic heterocycles. The summed E-state index contributed by atoms with van der Waals surface area (Å²) in [5.74, 6) is 0. The van der Waals surface area contributed by atoms with Gasteiger partial charge in [0, 0.05) is 0 Å². The Balaban J connectivity index is 3.25. The summed E-state index contributed by atoms with van der Waals surface area (Å²) in [5.41, 5.74) is 0. The second kappa shape index (κ2) is 7.89. The van der Waals surface area contributed by atoms with Gasteiger partial charge in [-0.3, -0.25) is 0 Å². The molecular formula is C7H14S3. The number of hydrogen-bond donors (Lipinski definition) is 0. The Morgan fingerprint density at radius 1 is 1.50 bits per heavy atom. The third-order valence-electron chi connectivity index (χ3n) is 0.951. The molecular weight excluding hydrogens is 180 g/mol. The van der Waals surface area contributed by atoms with Crippen molar-refractivity contribution in [2.24, 2.45) is 0 Å². The molecule has 60 valence electrons. The molecule has 0 unspecified atom stereocenters. The molecule has 0 saturated carbocycles. The lowest BCUT2D eigenvalue weighted by molar-refractivity contribution is 1.06. The van der Waals surface area contributed by atoms with Gasteiger partial charge in [-0.1, -0.05) is 34.6 Å². The number of thioether (sulfide) groups is 1. The quantitative estimate of drug-likeness (QED) is 0.479. The van der Waals surface area contributed by atoms with E-state index >= 15 is 0 Å². The Labute approximate surface area is 76.0 Å². The van der Waals surface area contributed by atoms with E-state index in [1.54, 1.807) is 0 Å². The first-order valence-corrected chi connectivity index (χ1v) is 6.87. The molecule has 0 amide bonds. The van der Waals surface area contributed by atoms with Gasteiger partial charge in [0.15, 0.2) is 0 Å². The average Bonchev–Trinajstić information content (AvgIpc) is 1.99. The lowest BCUT2D eigenvalue weighted by Crippen LogP contribution is -1.88. The molecule has 0 saturated heterocycles. The lowest BCUT2D eigenvalue weighted by Gasteiger charge is -2.07. The van der Waals surface area contributed by atoms with Gasteiger partial charge >= 0.3 is 0 Å².